The van der Waals surface area contributed by atoms with E-state index in [-0.39, 0.29) is 10.8 Å². The van der Waals surface area contributed by atoms with Gasteiger partial charge in [-0.2, -0.15) is 9.97 Å². The number of sulfonamides is 1. The van der Waals surface area contributed by atoms with Crippen LogP contribution in [0.4, 0.5) is 22.6 Å². The second-order valence-electron chi connectivity index (χ2n) is 7.36. The summed E-state index contributed by atoms with van der Waals surface area (Å²) in [6.07, 6.45) is 7.69. The molecule has 4 rings (SSSR count). The molecule has 31 heavy (non-hydrogen) atoms. The molecule has 1 saturated carbocycles. The van der Waals surface area contributed by atoms with Crippen LogP contribution in [0.2, 0.25) is 0 Å². The number of hydrogen-bond acceptors (Lipinski definition) is 9. The van der Waals surface area contributed by atoms with Crippen molar-refractivity contribution >= 4 is 43.9 Å². The van der Waals surface area contributed by atoms with Crippen molar-refractivity contribution in [2.45, 2.75) is 37.0 Å². The number of anilines is 4. The first-order valence-corrected chi connectivity index (χ1v) is 12.4. The van der Waals surface area contributed by atoms with Gasteiger partial charge in [-0.05, 0) is 43.0 Å². The molecule has 2 aromatic heterocycles. The van der Waals surface area contributed by atoms with Gasteiger partial charge in [-0.1, -0.05) is 19.3 Å². The number of aromatic nitrogens is 3. The Morgan fingerprint density at radius 1 is 1.13 bits per heavy atom. The van der Waals surface area contributed by atoms with Crippen molar-refractivity contribution in [3.8, 4) is 5.88 Å². The summed E-state index contributed by atoms with van der Waals surface area (Å²) in [4.78, 5) is 12.6. The molecular weight excluding hydrogens is 436 g/mol. The standard InChI is InChI=1S/C20H24N6O3S2/c21-17-12-18(29-13-14-4-2-1-3-5-14)25-19(24-17)23-15-6-8-16(9-7-15)31(27,28)26-20-22-10-11-30-20/h6-12,14H,1-5,13H2,(H,22,26)(H3,21,23,24,25). The van der Waals surface area contributed by atoms with Crippen molar-refractivity contribution in [3.63, 3.8) is 0 Å². The molecule has 164 valence electrons. The zero-order valence-electron chi connectivity index (χ0n) is 16.8. The number of rotatable bonds is 8. The summed E-state index contributed by atoms with van der Waals surface area (Å²) in [5, 5.41) is 5.05. The highest BCUT2D eigenvalue weighted by molar-refractivity contribution is 7.93. The maximum absolute atomic E-state index is 12.4. The molecule has 0 atom stereocenters. The van der Waals surface area contributed by atoms with Gasteiger partial charge in [0.15, 0.2) is 5.13 Å². The molecule has 1 aliphatic rings. The van der Waals surface area contributed by atoms with Crippen molar-refractivity contribution in [1.29, 1.82) is 0 Å². The molecule has 0 spiro atoms. The highest BCUT2D eigenvalue weighted by Gasteiger charge is 2.16. The van der Waals surface area contributed by atoms with E-state index in [1.165, 1.54) is 61.8 Å². The summed E-state index contributed by atoms with van der Waals surface area (Å²) in [5.74, 6) is 1.56. The molecule has 2 heterocycles. The molecule has 11 heteroatoms. The van der Waals surface area contributed by atoms with E-state index in [0.717, 1.165) is 0 Å². The zero-order valence-corrected chi connectivity index (χ0v) is 18.5. The molecule has 9 nitrogen and oxygen atoms in total. The van der Waals surface area contributed by atoms with Crippen molar-refractivity contribution in [2.75, 3.05) is 22.4 Å². The normalized spacial score (nSPS) is 14.8. The number of nitrogens with two attached hydrogens (primary N) is 1. The molecule has 4 N–H and O–H groups in total. The van der Waals surface area contributed by atoms with E-state index in [9.17, 15) is 8.42 Å². The summed E-state index contributed by atoms with van der Waals surface area (Å²) < 4.78 is 33.2. The summed E-state index contributed by atoms with van der Waals surface area (Å²) in [7, 11) is -3.71. The number of nitrogens with one attached hydrogen (secondary N) is 2. The van der Waals surface area contributed by atoms with Crippen LogP contribution in [0.25, 0.3) is 0 Å². The summed E-state index contributed by atoms with van der Waals surface area (Å²) in [6.45, 7) is 0.620. The Hall–Kier alpha value is -2.92. The average Bonchev–Trinajstić information content (AvgIpc) is 3.25. The lowest BCUT2D eigenvalue weighted by molar-refractivity contribution is 0.203. The molecule has 1 aromatic carbocycles. The molecule has 0 saturated heterocycles. The Morgan fingerprint density at radius 3 is 2.61 bits per heavy atom. The molecular formula is C20H24N6O3S2. The fourth-order valence-corrected chi connectivity index (χ4v) is 5.21. The van der Waals surface area contributed by atoms with Crippen molar-refractivity contribution in [1.82, 2.24) is 15.0 Å². The van der Waals surface area contributed by atoms with Crippen molar-refractivity contribution in [3.05, 3.63) is 41.9 Å². The minimum Gasteiger partial charge on any atom is -0.477 e. The van der Waals surface area contributed by atoms with Gasteiger partial charge in [0.2, 0.25) is 11.8 Å². The van der Waals surface area contributed by atoms with Crippen LogP contribution in [-0.2, 0) is 10.0 Å². The zero-order chi connectivity index (χ0) is 21.7. The quantitative estimate of drug-likeness (QED) is 0.459. The predicted molar refractivity (Wildman–Crippen MR) is 121 cm³/mol. The fourth-order valence-electron chi connectivity index (χ4n) is 3.42. The highest BCUT2D eigenvalue weighted by atomic mass is 32.2. The Balaban J connectivity index is 1.41. The van der Waals surface area contributed by atoms with E-state index in [4.69, 9.17) is 10.5 Å². The third kappa shape index (κ3) is 5.82. The van der Waals surface area contributed by atoms with Crippen LogP contribution in [0.5, 0.6) is 5.88 Å². The van der Waals surface area contributed by atoms with Crippen LogP contribution in [0, 0.1) is 5.92 Å². The fraction of sp³-hybridized carbons (Fsp3) is 0.350. The molecule has 0 amide bonds. The van der Waals surface area contributed by atoms with Crippen LogP contribution < -0.4 is 20.5 Å². The van der Waals surface area contributed by atoms with E-state index in [0.29, 0.717) is 35.0 Å². The number of nitrogens with zero attached hydrogens (tertiary/aromatic N) is 3. The first kappa shape index (κ1) is 21.3. The van der Waals surface area contributed by atoms with E-state index in [1.54, 1.807) is 23.6 Å². The molecule has 1 fully saturated rings. The van der Waals surface area contributed by atoms with Gasteiger partial charge in [-0.3, -0.25) is 4.72 Å². The van der Waals surface area contributed by atoms with Crippen molar-refractivity contribution < 1.29 is 13.2 Å². The van der Waals surface area contributed by atoms with E-state index < -0.39 is 10.0 Å². The van der Waals surface area contributed by atoms with Crippen LogP contribution in [0.15, 0.2) is 46.8 Å². The van der Waals surface area contributed by atoms with E-state index in [1.807, 2.05) is 0 Å². The second-order valence-corrected chi connectivity index (χ2v) is 9.94. The Labute approximate surface area is 185 Å². The largest absolute Gasteiger partial charge is 0.477 e. The van der Waals surface area contributed by atoms with Crippen LogP contribution >= 0.6 is 11.3 Å². The Morgan fingerprint density at radius 2 is 1.90 bits per heavy atom. The maximum atomic E-state index is 12.4. The lowest BCUT2D eigenvalue weighted by atomic mass is 9.90. The topological polar surface area (TPSA) is 132 Å². The summed E-state index contributed by atoms with van der Waals surface area (Å²) in [5.41, 5.74) is 6.53. The maximum Gasteiger partial charge on any atom is 0.263 e. The van der Waals surface area contributed by atoms with Gasteiger partial charge in [0, 0.05) is 23.3 Å². The van der Waals surface area contributed by atoms with Gasteiger partial charge in [0.05, 0.1) is 11.5 Å². The van der Waals surface area contributed by atoms with E-state index in [2.05, 4.69) is 25.0 Å². The molecule has 3 aromatic rings. The number of nitrogen functional groups attached to an aromatic ring is 1. The molecule has 0 radical (unpaired) electrons. The summed E-state index contributed by atoms with van der Waals surface area (Å²) in [6, 6.07) is 7.85. The third-order valence-corrected chi connectivity index (χ3v) is 7.16. The van der Waals surface area contributed by atoms with Crippen LogP contribution in [0.1, 0.15) is 32.1 Å². The Bertz CT molecular complexity index is 1100. The first-order valence-electron chi connectivity index (χ1n) is 10.0. The van der Waals surface area contributed by atoms with Gasteiger partial charge >= 0.3 is 0 Å². The smallest absolute Gasteiger partial charge is 0.263 e. The van der Waals surface area contributed by atoms with E-state index >= 15 is 0 Å². The lowest BCUT2D eigenvalue weighted by Crippen LogP contribution is -2.16. The van der Waals surface area contributed by atoms with Gasteiger partial charge in [0.25, 0.3) is 10.0 Å². The van der Waals surface area contributed by atoms with Crippen molar-refractivity contribution in [2.24, 2.45) is 5.92 Å². The first-order chi connectivity index (χ1) is 15.0. The molecule has 1 aliphatic carbocycles. The van der Waals surface area contributed by atoms with Crippen LogP contribution in [0.3, 0.4) is 0 Å². The van der Waals surface area contributed by atoms with Gasteiger partial charge in [-0.15, -0.1) is 11.3 Å². The van der Waals surface area contributed by atoms with Crippen LogP contribution in [-0.4, -0.2) is 30.0 Å². The molecule has 0 unspecified atom stereocenters. The predicted octanol–water partition coefficient (Wildman–Crippen LogP) is 4.02. The monoisotopic (exact) mass is 460 g/mol. The molecule has 0 bridgehead atoms. The lowest BCUT2D eigenvalue weighted by Gasteiger charge is -2.21. The number of hydrogen-bond donors (Lipinski definition) is 3. The number of ether oxygens (including phenoxy) is 1. The SMILES string of the molecule is Nc1cc(OCC2CCCCC2)nc(Nc2ccc(S(=O)(=O)Nc3nccs3)cc2)n1. The second kappa shape index (κ2) is 9.48. The highest BCUT2D eigenvalue weighted by Crippen LogP contribution is 2.26. The van der Waals surface area contributed by atoms with Gasteiger partial charge in [-0.25, -0.2) is 13.4 Å². The Kier molecular flexibility index (Phi) is 6.52. The third-order valence-electron chi connectivity index (χ3n) is 4.99. The minimum absolute atomic E-state index is 0.123. The van der Waals surface area contributed by atoms with Gasteiger partial charge < -0.3 is 15.8 Å². The number of benzene rings is 1. The molecule has 0 aliphatic heterocycles. The van der Waals surface area contributed by atoms with Gasteiger partial charge in [0.1, 0.15) is 5.82 Å². The summed E-state index contributed by atoms with van der Waals surface area (Å²) >= 11 is 1.21. The minimum atomic E-state index is -3.71. The average molecular weight is 461 g/mol. The number of thiazole rings is 1.